The summed E-state index contributed by atoms with van der Waals surface area (Å²) in [5.41, 5.74) is 18.1. The Kier molecular flexibility index (Phi) is 9.12. The fourth-order valence-electron chi connectivity index (χ4n) is 10.8. The van der Waals surface area contributed by atoms with Crippen molar-refractivity contribution >= 4 is 77.4 Å². The summed E-state index contributed by atoms with van der Waals surface area (Å²) >= 11 is 3.82. The predicted molar refractivity (Wildman–Crippen MR) is 280 cm³/mol. The van der Waals surface area contributed by atoms with E-state index in [-0.39, 0.29) is 0 Å². The monoisotopic (exact) mass is 878 g/mol. The van der Waals surface area contributed by atoms with Gasteiger partial charge in [0.1, 0.15) is 0 Å². The van der Waals surface area contributed by atoms with Crippen LogP contribution in [0.3, 0.4) is 0 Å². The number of thiophene rings is 1. The zero-order valence-electron chi connectivity index (χ0n) is 36.2. The van der Waals surface area contributed by atoms with Gasteiger partial charge in [0.05, 0.1) is 5.41 Å². The van der Waals surface area contributed by atoms with Gasteiger partial charge in [0.25, 0.3) is 0 Å². The second kappa shape index (κ2) is 15.5. The van der Waals surface area contributed by atoms with Gasteiger partial charge in [-0.2, -0.15) is 0 Å². The molecule has 1 aromatic heterocycles. The number of aryl methyl sites for hydroxylation is 1. The van der Waals surface area contributed by atoms with E-state index < -0.39 is 5.41 Å². The molecule has 1 atom stereocenters. The van der Waals surface area contributed by atoms with Crippen molar-refractivity contribution in [3.63, 3.8) is 0 Å². The molecule has 1 aliphatic carbocycles. The van der Waals surface area contributed by atoms with Crippen molar-refractivity contribution in [2.45, 2.75) is 22.1 Å². The van der Waals surface area contributed by atoms with Crippen LogP contribution in [0.5, 0.6) is 0 Å². The van der Waals surface area contributed by atoms with Gasteiger partial charge >= 0.3 is 0 Å². The number of rotatable bonds is 7. The van der Waals surface area contributed by atoms with Crippen LogP contribution in [0.2, 0.25) is 0 Å². The summed E-state index contributed by atoms with van der Waals surface area (Å²) < 4.78 is 2.60. The highest BCUT2D eigenvalue weighted by Crippen LogP contribution is 2.64. The number of benzene rings is 10. The third-order valence-corrected chi connectivity index (χ3v) is 15.9. The fraction of sp³-hybridized carbons (Fsp3) is 0.0323. The lowest BCUT2D eigenvalue weighted by atomic mass is 9.66. The van der Waals surface area contributed by atoms with Crippen molar-refractivity contribution in [3.05, 3.63) is 264 Å². The molecule has 1 unspecified atom stereocenters. The summed E-state index contributed by atoms with van der Waals surface area (Å²) in [4.78, 5) is 7.32. The Morgan fingerprint density at radius 1 is 0.348 bits per heavy atom. The standard InChI is InChI=1S/C62H42N2S2/c1-41-17-16-28-54-61(41)50-26-14-15-27-53(50)62(54)55-37-43(42-29-32-48(33-30-42)63(44-18-6-2-7-19-44)45-20-8-3-9-21-45)31-35-58(55)66-60-40-59-52(39-56(60)62)51-38-49(34-36-57(51)65-59)64(46-22-10-4-11-23-46)47-24-12-5-13-25-47/h2-40H,1H3. The Hall–Kier alpha value is -7.63. The molecular formula is C62H42N2S2. The Morgan fingerprint density at radius 2 is 0.864 bits per heavy atom. The average molecular weight is 879 g/mol. The van der Waals surface area contributed by atoms with Gasteiger partial charge < -0.3 is 9.80 Å². The van der Waals surface area contributed by atoms with E-state index in [2.05, 4.69) is 253 Å². The van der Waals surface area contributed by atoms with Crippen LogP contribution in [0, 0.1) is 6.92 Å². The highest BCUT2D eigenvalue weighted by Gasteiger charge is 2.51. The van der Waals surface area contributed by atoms with E-state index in [9.17, 15) is 0 Å². The van der Waals surface area contributed by atoms with Gasteiger partial charge in [-0.3, -0.25) is 0 Å². The zero-order chi connectivity index (χ0) is 43.8. The van der Waals surface area contributed by atoms with Crippen molar-refractivity contribution in [1.82, 2.24) is 0 Å². The summed E-state index contributed by atoms with van der Waals surface area (Å²) in [7, 11) is 0. The molecule has 1 spiro atoms. The number of para-hydroxylation sites is 4. The Morgan fingerprint density at radius 3 is 1.52 bits per heavy atom. The van der Waals surface area contributed by atoms with Crippen molar-refractivity contribution in [2.75, 3.05) is 9.80 Å². The topological polar surface area (TPSA) is 6.48 Å². The molecular weight excluding hydrogens is 837 g/mol. The van der Waals surface area contributed by atoms with Gasteiger partial charge in [0.15, 0.2) is 0 Å². The van der Waals surface area contributed by atoms with E-state index in [4.69, 9.17) is 0 Å². The first-order valence-corrected chi connectivity index (χ1v) is 24.2. The predicted octanol–water partition coefficient (Wildman–Crippen LogP) is 17.8. The minimum Gasteiger partial charge on any atom is -0.311 e. The lowest BCUT2D eigenvalue weighted by molar-refractivity contribution is 0.724. The van der Waals surface area contributed by atoms with E-state index in [0.29, 0.717) is 0 Å². The van der Waals surface area contributed by atoms with Crippen molar-refractivity contribution in [2.24, 2.45) is 0 Å². The molecule has 0 amide bonds. The minimum absolute atomic E-state index is 0.526. The van der Waals surface area contributed by atoms with Crippen LogP contribution in [0.1, 0.15) is 27.8 Å². The SMILES string of the molecule is Cc1cccc2c1-c1ccccc1C21c2cc(-c3ccc(N(c4ccccc4)c4ccccc4)cc3)ccc2Sc2cc3sc4ccc(N(c5ccccc5)c5ccccc5)cc4c3cc21. The van der Waals surface area contributed by atoms with E-state index in [1.54, 1.807) is 0 Å². The van der Waals surface area contributed by atoms with Gasteiger partial charge in [0.2, 0.25) is 0 Å². The van der Waals surface area contributed by atoms with Crippen molar-refractivity contribution in [3.8, 4) is 22.3 Å². The lowest BCUT2D eigenvalue weighted by Crippen LogP contribution is -2.32. The molecule has 0 saturated carbocycles. The van der Waals surface area contributed by atoms with Gasteiger partial charge in [-0.25, -0.2) is 0 Å². The lowest BCUT2D eigenvalue weighted by Gasteiger charge is -2.40. The van der Waals surface area contributed by atoms with Crippen LogP contribution in [0.15, 0.2) is 246 Å². The quantitative estimate of drug-likeness (QED) is 0.157. The van der Waals surface area contributed by atoms with Gasteiger partial charge in [-0.1, -0.05) is 145 Å². The smallest absolute Gasteiger partial charge is 0.0735 e. The molecule has 0 bridgehead atoms. The van der Waals surface area contributed by atoms with Crippen LogP contribution >= 0.6 is 23.1 Å². The normalized spacial score (nSPS) is 14.4. The first kappa shape index (κ1) is 38.8. The van der Waals surface area contributed by atoms with Crippen LogP contribution in [0.4, 0.5) is 34.1 Å². The summed E-state index contributed by atoms with van der Waals surface area (Å²) in [6.07, 6.45) is 0. The second-order valence-corrected chi connectivity index (χ2v) is 19.5. The number of hydrogen-bond acceptors (Lipinski definition) is 4. The molecule has 2 nitrogen and oxygen atoms in total. The van der Waals surface area contributed by atoms with E-state index in [1.807, 2.05) is 23.1 Å². The summed E-state index contributed by atoms with van der Waals surface area (Å²) in [6, 6.07) is 87.3. The average Bonchev–Trinajstić information content (AvgIpc) is 3.88. The molecule has 66 heavy (non-hydrogen) atoms. The number of hydrogen-bond donors (Lipinski definition) is 0. The molecule has 2 aliphatic rings. The largest absolute Gasteiger partial charge is 0.311 e. The second-order valence-electron chi connectivity index (χ2n) is 17.3. The molecule has 0 fully saturated rings. The Labute approximate surface area is 393 Å². The molecule has 13 rings (SSSR count). The first-order valence-electron chi connectivity index (χ1n) is 22.6. The Balaban J connectivity index is 1.01. The molecule has 0 radical (unpaired) electrons. The number of nitrogens with zero attached hydrogens (tertiary/aromatic N) is 2. The maximum Gasteiger partial charge on any atom is 0.0735 e. The van der Waals surface area contributed by atoms with Crippen molar-refractivity contribution < 1.29 is 0 Å². The Bertz CT molecular complexity index is 3540. The summed E-state index contributed by atoms with van der Waals surface area (Å²) in [5.74, 6) is 0. The van der Waals surface area contributed by atoms with Crippen molar-refractivity contribution in [1.29, 1.82) is 0 Å². The highest BCUT2D eigenvalue weighted by molar-refractivity contribution is 7.99. The molecule has 312 valence electrons. The van der Waals surface area contributed by atoms with Gasteiger partial charge in [-0.15, -0.1) is 11.3 Å². The van der Waals surface area contributed by atoms with E-state index >= 15 is 0 Å². The van der Waals surface area contributed by atoms with Gasteiger partial charge in [0, 0.05) is 64.1 Å². The first-order chi connectivity index (χ1) is 32.6. The van der Waals surface area contributed by atoms with Gasteiger partial charge in [-0.05, 0) is 160 Å². The third kappa shape index (κ3) is 6.02. The highest BCUT2D eigenvalue weighted by atomic mass is 32.2. The molecule has 0 N–H and O–H groups in total. The third-order valence-electron chi connectivity index (χ3n) is 13.6. The summed E-state index contributed by atoms with van der Waals surface area (Å²) in [5, 5.41) is 2.58. The molecule has 0 saturated heterocycles. The number of anilines is 6. The molecule has 11 aromatic rings. The molecule has 2 heterocycles. The van der Waals surface area contributed by atoms with Crippen LogP contribution in [0.25, 0.3) is 42.4 Å². The zero-order valence-corrected chi connectivity index (χ0v) is 37.9. The molecule has 1 aliphatic heterocycles. The summed E-state index contributed by atoms with van der Waals surface area (Å²) in [6.45, 7) is 2.28. The minimum atomic E-state index is -0.526. The fourth-order valence-corrected chi connectivity index (χ4v) is 13.1. The van der Waals surface area contributed by atoms with E-state index in [0.717, 1.165) is 34.1 Å². The maximum atomic E-state index is 2.57. The van der Waals surface area contributed by atoms with E-state index in [1.165, 1.54) is 80.0 Å². The van der Waals surface area contributed by atoms with Crippen LogP contribution in [-0.2, 0) is 5.41 Å². The number of fused-ring (bicyclic) bond motifs is 12. The molecule has 4 heteroatoms. The van der Waals surface area contributed by atoms with Crippen LogP contribution in [-0.4, -0.2) is 0 Å². The maximum absolute atomic E-state index is 2.57. The molecule has 10 aromatic carbocycles. The van der Waals surface area contributed by atoms with Crippen LogP contribution < -0.4 is 9.80 Å².